The summed E-state index contributed by atoms with van der Waals surface area (Å²) in [4.78, 5) is 25.5. The van der Waals surface area contributed by atoms with E-state index in [1.54, 1.807) is 36.4 Å². The Kier molecular flexibility index (Phi) is 3.28. The van der Waals surface area contributed by atoms with Gasteiger partial charge >= 0.3 is 6.03 Å². The van der Waals surface area contributed by atoms with Crippen LogP contribution in [0.5, 0.6) is 0 Å². The van der Waals surface area contributed by atoms with Crippen molar-refractivity contribution >= 4 is 28.4 Å². The Bertz CT molecular complexity index is 823. The molecule has 0 radical (unpaired) electrons. The predicted octanol–water partition coefficient (Wildman–Crippen LogP) is 1.52. The van der Waals surface area contributed by atoms with Gasteiger partial charge in [-0.2, -0.15) is 5.26 Å². The van der Waals surface area contributed by atoms with E-state index in [2.05, 4.69) is 11.4 Å². The van der Waals surface area contributed by atoms with Gasteiger partial charge in [0.25, 0.3) is 5.91 Å². The van der Waals surface area contributed by atoms with E-state index in [1.807, 2.05) is 0 Å². The number of hydrogen-bond donors (Lipinski definition) is 2. The molecule has 1 aliphatic heterocycles. The molecule has 0 saturated carbocycles. The molecule has 2 atom stereocenters. The second kappa shape index (κ2) is 5.13. The number of rotatable bonds is 2. The minimum atomic E-state index is -0.980. The van der Waals surface area contributed by atoms with Crippen molar-refractivity contribution in [2.24, 2.45) is 0 Å². The smallest absolute Gasteiger partial charge is 0.329 e. The molecule has 2 unspecified atom stereocenters. The topological polar surface area (TPSA) is 93.4 Å². The van der Waals surface area contributed by atoms with Crippen molar-refractivity contribution < 1.29 is 14.7 Å². The molecule has 0 aliphatic carbocycles. The molecule has 0 aromatic heterocycles. The number of aliphatic hydroxyl groups is 1. The summed E-state index contributed by atoms with van der Waals surface area (Å²) >= 11 is 0. The van der Waals surface area contributed by atoms with Gasteiger partial charge in [0.15, 0.2) is 0 Å². The molecule has 1 fully saturated rings. The monoisotopic (exact) mass is 295 g/mol. The Morgan fingerprint density at radius 3 is 2.50 bits per heavy atom. The van der Waals surface area contributed by atoms with E-state index in [9.17, 15) is 14.7 Å². The number of hydrogen-bond acceptors (Lipinski definition) is 4. The quantitative estimate of drug-likeness (QED) is 0.821. The number of nitriles is 1. The van der Waals surface area contributed by atoms with E-state index in [0.717, 1.165) is 4.90 Å². The molecule has 0 bridgehead atoms. The van der Waals surface area contributed by atoms with Gasteiger partial charge in [0.05, 0.1) is 23.4 Å². The molecule has 110 valence electrons. The molecule has 0 spiro atoms. The van der Waals surface area contributed by atoms with Crippen LogP contribution < -0.4 is 10.2 Å². The van der Waals surface area contributed by atoms with Crippen LogP contribution in [0, 0.1) is 11.3 Å². The van der Waals surface area contributed by atoms with E-state index in [-0.39, 0.29) is 0 Å². The third kappa shape index (κ3) is 2.00. The summed E-state index contributed by atoms with van der Waals surface area (Å²) < 4.78 is 0. The molecule has 2 aromatic rings. The van der Waals surface area contributed by atoms with Crippen molar-refractivity contribution in [1.29, 1.82) is 5.26 Å². The van der Waals surface area contributed by atoms with E-state index < -0.39 is 24.1 Å². The maximum Gasteiger partial charge on any atom is 0.329 e. The lowest BCUT2D eigenvalue weighted by atomic mass is 10.0. The van der Waals surface area contributed by atoms with Crippen LogP contribution in [0.2, 0.25) is 0 Å². The molecule has 22 heavy (non-hydrogen) atoms. The molecule has 6 nitrogen and oxygen atoms in total. The number of carbonyl (C=O) groups is 2. The summed E-state index contributed by atoms with van der Waals surface area (Å²) in [5.41, 5.74) is 0.874. The van der Waals surface area contributed by atoms with Gasteiger partial charge in [-0.25, -0.2) is 9.69 Å². The number of carbonyl (C=O) groups excluding carboxylic acids is 2. The van der Waals surface area contributed by atoms with Crippen molar-refractivity contribution in [3.63, 3.8) is 0 Å². The fourth-order valence-electron chi connectivity index (χ4n) is 2.63. The summed E-state index contributed by atoms with van der Waals surface area (Å²) in [6.45, 7) is 1.45. The van der Waals surface area contributed by atoms with Gasteiger partial charge in [-0.1, -0.05) is 24.3 Å². The zero-order valence-electron chi connectivity index (χ0n) is 11.8. The highest BCUT2D eigenvalue weighted by Gasteiger charge is 2.42. The number of fused-ring (bicyclic) bond motifs is 1. The van der Waals surface area contributed by atoms with Crippen LogP contribution in [0.15, 0.2) is 36.4 Å². The fourth-order valence-corrected chi connectivity index (χ4v) is 2.63. The molecular weight excluding hydrogens is 282 g/mol. The zero-order valence-corrected chi connectivity index (χ0v) is 11.8. The van der Waals surface area contributed by atoms with Crippen LogP contribution in [0.25, 0.3) is 10.8 Å². The average molecular weight is 295 g/mol. The predicted molar refractivity (Wildman–Crippen MR) is 80.1 cm³/mol. The Morgan fingerprint density at radius 2 is 1.91 bits per heavy atom. The number of anilines is 1. The standard InChI is InChI=1S/C16H13N3O3/c1-9(20)14-15(21)19(16(22)18-14)13-7-6-10(8-17)11-4-2-3-5-12(11)13/h2-7,9,14,20H,1H3,(H,18,22). The lowest BCUT2D eigenvalue weighted by Crippen LogP contribution is -2.39. The number of aliphatic hydroxyl groups excluding tert-OH is 1. The third-order valence-corrected chi connectivity index (χ3v) is 3.71. The van der Waals surface area contributed by atoms with Crippen LogP contribution in [0.1, 0.15) is 12.5 Å². The number of amides is 3. The molecule has 1 heterocycles. The Morgan fingerprint density at radius 1 is 1.23 bits per heavy atom. The van der Waals surface area contributed by atoms with Gasteiger partial charge < -0.3 is 10.4 Å². The summed E-state index contributed by atoms with van der Waals surface area (Å²) in [5, 5.41) is 22.5. The Labute approximate surface area is 126 Å². The van der Waals surface area contributed by atoms with E-state index >= 15 is 0 Å². The SMILES string of the molecule is CC(O)C1NC(=O)N(c2ccc(C#N)c3ccccc23)C1=O. The number of benzene rings is 2. The van der Waals surface area contributed by atoms with Gasteiger partial charge in [0, 0.05) is 10.8 Å². The molecule has 2 N–H and O–H groups in total. The fraction of sp³-hybridized carbons (Fsp3) is 0.188. The van der Waals surface area contributed by atoms with Crippen molar-refractivity contribution in [2.45, 2.75) is 19.1 Å². The van der Waals surface area contributed by atoms with E-state index in [4.69, 9.17) is 5.26 Å². The number of nitrogens with zero attached hydrogens (tertiary/aromatic N) is 2. The highest BCUT2D eigenvalue weighted by atomic mass is 16.3. The summed E-state index contributed by atoms with van der Waals surface area (Å²) in [7, 11) is 0. The first-order valence-electron chi connectivity index (χ1n) is 6.79. The third-order valence-electron chi connectivity index (χ3n) is 3.71. The van der Waals surface area contributed by atoms with Gasteiger partial charge in [-0.15, -0.1) is 0 Å². The van der Waals surface area contributed by atoms with Gasteiger partial charge in [0.2, 0.25) is 0 Å². The van der Waals surface area contributed by atoms with Crippen LogP contribution in [0.3, 0.4) is 0 Å². The van der Waals surface area contributed by atoms with Crippen LogP contribution in [-0.4, -0.2) is 29.2 Å². The number of imide groups is 1. The molecule has 3 rings (SSSR count). The molecule has 6 heteroatoms. The first-order chi connectivity index (χ1) is 10.5. The number of nitrogens with one attached hydrogen (secondary N) is 1. The second-order valence-corrected chi connectivity index (χ2v) is 5.13. The maximum absolute atomic E-state index is 12.4. The molecular formula is C16H13N3O3. The van der Waals surface area contributed by atoms with Gasteiger partial charge in [0.1, 0.15) is 6.04 Å². The molecule has 1 saturated heterocycles. The summed E-state index contributed by atoms with van der Waals surface area (Å²) in [6.07, 6.45) is -0.980. The largest absolute Gasteiger partial charge is 0.391 e. The van der Waals surface area contributed by atoms with Crippen LogP contribution in [0.4, 0.5) is 10.5 Å². The molecule has 2 aromatic carbocycles. The Balaban J connectivity index is 2.18. The highest BCUT2D eigenvalue weighted by molar-refractivity contribution is 6.24. The average Bonchev–Trinajstić information content (AvgIpc) is 2.81. The maximum atomic E-state index is 12.4. The molecule has 3 amide bonds. The van der Waals surface area contributed by atoms with E-state index in [1.165, 1.54) is 6.92 Å². The van der Waals surface area contributed by atoms with Crippen LogP contribution in [-0.2, 0) is 4.79 Å². The summed E-state index contributed by atoms with van der Waals surface area (Å²) in [6, 6.07) is 10.8. The van der Waals surface area contributed by atoms with Crippen molar-refractivity contribution in [2.75, 3.05) is 4.90 Å². The van der Waals surface area contributed by atoms with Crippen LogP contribution >= 0.6 is 0 Å². The first kappa shape index (κ1) is 14.0. The highest BCUT2D eigenvalue weighted by Crippen LogP contribution is 2.31. The normalized spacial score (nSPS) is 19.1. The van der Waals surface area contributed by atoms with Crippen molar-refractivity contribution in [3.8, 4) is 6.07 Å². The molecule has 1 aliphatic rings. The van der Waals surface area contributed by atoms with Crippen molar-refractivity contribution in [1.82, 2.24) is 5.32 Å². The minimum Gasteiger partial charge on any atom is -0.391 e. The Hall–Kier alpha value is -2.91. The zero-order chi connectivity index (χ0) is 15.9. The van der Waals surface area contributed by atoms with Gasteiger partial charge in [-0.05, 0) is 19.1 Å². The number of urea groups is 1. The second-order valence-electron chi connectivity index (χ2n) is 5.13. The van der Waals surface area contributed by atoms with E-state index in [0.29, 0.717) is 22.0 Å². The lowest BCUT2D eigenvalue weighted by molar-refractivity contribution is -0.120. The first-order valence-corrected chi connectivity index (χ1v) is 6.79. The lowest BCUT2D eigenvalue weighted by Gasteiger charge is -2.16. The minimum absolute atomic E-state index is 0.403. The van der Waals surface area contributed by atoms with Gasteiger partial charge in [-0.3, -0.25) is 4.79 Å². The van der Waals surface area contributed by atoms with Crippen molar-refractivity contribution in [3.05, 3.63) is 42.0 Å². The summed E-state index contributed by atoms with van der Waals surface area (Å²) in [5.74, 6) is -0.505.